The second kappa shape index (κ2) is 12.1. The summed E-state index contributed by atoms with van der Waals surface area (Å²) in [6.07, 6.45) is 2.60. The van der Waals surface area contributed by atoms with Crippen molar-refractivity contribution in [2.75, 3.05) is 32.8 Å². The van der Waals surface area contributed by atoms with Gasteiger partial charge in [0.1, 0.15) is 5.82 Å². The van der Waals surface area contributed by atoms with Gasteiger partial charge in [-0.3, -0.25) is 9.79 Å². The van der Waals surface area contributed by atoms with Crippen LogP contribution in [0.1, 0.15) is 38.9 Å². The number of likely N-dealkylation sites (tertiary alicyclic amines) is 1. The number of rotatable bonds is 7. The number of fused-ring (bicyclic) bond motifs is 1. The van der Waals surface area contributed by atoms with Crippen molar-refractivity contribution < 1.29 is 9.53 Å². The SMILES string of the molecule is CCNC(=NCCCn1c(C)nc2ccccc21)N1CCC(C(=O)OCC)CC1.I. The van der Waals surface area contributed by atoms with Crippen molar-refractivity contribution in [1.82, 2.24) is 19.8 Å². The van der Waals surface area contributed by atoms with E-state index >= 15 is 0 Å². The summed E-state index contributed by atoms with van der Waals surface area (Å²) in [6.45, 7) is 10.6. The van der Waals surface area contributed by atoms with E-state index in [1.54, 1.807) is 0 Å². The van der Waals surface area contributed by atoms with Crippen molar-refractivity contribution >= 4 is 46.9 Å². The van der Waals surface area contributed by atoms with Crippen LogP contribution >= 0.6 is 24.0 Å². The highest BCUT2D eigenvalue weighted by molar-refractivity contribution is 14.0. The fourth-order valence-electron chi connectivity index (χ4n) is 3.90. The molecule has 0 saturated carbocycles. The van der Waals surface area contributed by atoms with Crippen LogP contribution in [0.15, 0.2) is 29.3 Å². The van der Waals surface area contributed by atoms with Gasteiger partial charge in [0.15, 0.2) is 5.96 Å². The average Bonchev–Trinajstić information content (AvgIpc) is 3.06. The topological polar surface area (TPSA) is 71.8 Å². The van der Waals surface area contributed by atoms with E-state index in [0.29, 0.717) is 6.61 Å². The number of nitrogens with zero attached hydrogens (tertiary/aromatic N) is 4. The lowest BCUT2D eigenvalue weighted by Crippen LogP contribution is -2.46. The van der Waals surface area contributed by atoms with E-state index in [-0.39, 0.29) is 35.9 Å². The number of hydrogen-bond acceptors (Lipinski definition) is 4. The van der Waals surface area contributed by atoms with Crippen LogP contribution in [0.4, 0.5) is 0 Å². The highest BCUT2D eigenvalue weighted by Gasteiger charge is 2.27. The molecule has 8 heteroatoms. The molecule has 0 atom stereocenters. The Kier molecular flexibility index (Phi) is 9.87. The Morgan fingerprint density at radius 1 is 1.27 bits per heavy atom. The molecular formula is C22H34IN5O2. The Bertz CT molecular complexity index is 843. The van der Waals surface area contributed by atoms with Crippen molar-refractivity contribution in [1.29, 1.82) is 0 Å². The summed E-state index contributed by atoms with van der Waals surface area (Å²) in [6, 6.07) is 8.26. The molecule has 7 nitrogen and oxygen atoms in total. The lowest BCUT2D eigenvalue weighted by molar-refractivity contribution is -0.149. The summed E-state index contributed by atoms with van der Waals surface area (Å²) in [5, 5.41) is 3.40. The quantitative estimate of drug-likeness (QED) is 0.196. The lowest BCUT2D eigenvalue weighted by Gasteiger charge is -2.33. The summed E-state index contributed by atoms with van der Waals surface area (Å²) in [4.78, 5) is 23.7. The molecule has 1 fully saturated rings. The molecule has 0 spiro atoms. The Labute approximate surface area is 196 Å². The summed E-state index contributed by atoms with van der Waals surface area (Å²) in [7, 11) is 0. The van der Waals surface area contributed by atoms with Crippen molar-refractivity contribution in [2.24, 2.45) is 10.9 Å². The van der Waals surface area contributed by atoms with Gasteiger partial charge in [-0.2, -0.15) is 0 Å². The van der Waals surface area contributed by atoms with Crippen LogP contribution < -0.4 is 5.32 Å². The number of ether oxygens (including phenoxy) is 1. The van der Waals surface area contributed by atoms with Crippen LogP contribution in [0.5, 0.6) is 0 Å². The molecule has 3 rings (SSSR count). The Hall–Kier alpha value is -1.84. The summed E-state index contributed by atoms with van der Waals surface area (Å²) >= 11 is 0. The number of aromatic nitrogens is 2. The van der Waals surface area contributed by atoms with Gasteiger partial charge in [0.25, 0.3) is 0 Å². The number of carbonyl (C=O) groups excluding carboxylic acids is 1. The van der Waals surface area contributed by atoms with Crippen LogP contribution in [0.3, 0.4) is 0 Å². The van der Waals surface area contributed by atoms with Gasteiger partial charge >= 0.3 is 5.97 Å². The zero-order valence-electron chi connectivity index (χ0n) is 18.3. The van der Waals surface area contributed by atoms with E-state index in [4.69, 9.17) is 9.73 Å². The number of carbonyl (C=O) groups is 1. The van der Waals surface area contributed by atoms with E-state index < -0.39 is 0 Å². The van der Waals surface area contributed by atoms with E-state index in [2.05, 4.69) is 51.8 Å². The molecule has 0 amide bonds. The third-order valence-electron chi connectivity index (χ3n) is 5.40. The number of para-hydroxylation sites is 2. The molecule has 2 heterocycles. The van der Waals surface area contributed by atoms with Gasteiger partial charge in [-0.05, 0) is 52.2 Å². The van der Waals surface area contributed by atoms with Crippen molar-refractivity contribution in [2.45, 2.75) is 46.6 Å². The minimum atomic E-state index is -0.0583. The van der Waals surface area contributed by atoms with Gasteiger partial charge in [0.2, 0.25) is 0 Å². The highest BCUT2D eigenvalue weighted by Crippen LogP contribution is 2.19. The van der Waals surface area contributed by atoms with Crippen LogP contribution in [0.2, 0.25) is 0 Å². The molecule has 1 aliphatic rings. The zero-order chi connectivity index (χ0) is 20.6. The number of imidazole rings is 1. The largest absolute Gasteiger partial charge is 0.466 e. The first kappa shape index (κ1) is 24.4. The lowest BCUT2D eigenvalue weighted by atomic mass is 9.97. The number of benzene rings is 1. The van der Waals surface area contributed by atoms with Gasteiger partial charge in [0, 0.05) is 32.7 Å². The molecule has 1 aliphatic heterocycles. The molecule has 30 heavy (non-hydrogen) atoms. The number of esters is 1. The zero-order valence-corrected chi connectivity index (χ0v) is 20.6. The normalized spacial score (nSPS) is 15.2. The van der Waals surface area contributed by atoms with E-state index in [0.717, 1.165) is 69.3 Å². The number of guanidine groups is 1. The minimum absolute atomic E-state index is 0. The van der Waals surface area contributed by atoms with Crippen molar-refractivity contribution in [3.8, 4) is 0 Å². The molecule has 1 aromatic heterocycles. The standard InChI is InChI=1S/C22H33N5O2.HI/c1-4-23-22(26-15-11-18(12-16-26)21(28)29-5-2)24-13-8-14-27-17(3)25-19-9-6-7-10-20(19)27;/h6-7,9-10,18H,4-5,8,11-16H2,1-3H3,(H,23,24);1H. The molecule has 1 aromatic carbocycles. The predicted molar refractivity (Wildman–Crippen MR) is 131 cm³/mol. The van der Waals surface area contributed by atoms with Gasteiger partial charge < -0.3 is 19.5 Å². The van der Waals surface area contributed by atoms with E-state index in [1.807, 2.05) is 13.0 Å². The second-order valence-corrected chi connectivity index (χ2v) is 7.40. The maximum absolute atomic E-state index is 12.0. The predicted octanol–water partition coefficient (Wildman–Crippen LogP) is 3.59. The maximum atomic E-state index is 12.0. The molecule has 0 radical (unpaired) electrons. The number of aliphatic imine (C=N–C) groups is 1. The highest BCUT2D eigenvalue weighted by atomic mass is 127. The van der Waals surface area contributed by atoms with E-state index in [9.17, 15) is 4.79 Å². The molecule has 0 bridgehead atoms. The van der Waals surface area contributed by atoms with Crippen molar-refractivity contribution in [3.05, 3.63) is 30.1 Å². The van der Waals surface area contributed by atoms with Crippen LogP contribution in [0.25, 0.3) is 11.0 Å². The van der Waals surface area contributed by atoms with Crippen LogP contribution in [-0.4, -0.2) is 59.2 Å². The third kappa shape index (κ3) is 6.09. The fraction of sp³-hybridized carbons (Fsp3) is 0.591. The minimum Gasteiger partial charge on any atom is -0.466 e. The first-order valence-electron chi connectivity index (χ1n) is 10.8. The summed E-state index contributed by atoms with van der Waals surface area (Å²) in [5.74, 6) is 1.95. The number of aryl methyl sites for hydroxylation is 2. The number of piperidine rings is 1. The summed E-state index contributed by atoms with van der Waals surface area (Å²) < 4.78 is 7.44. The number of nitrogens with one attached hydrogen (secondary N) is 1. The van der Waals surface area contributed by atoms with Gasteiger partial charge in [-0.15, -0.1) is 24.0 Å². The Morgan fingerprint density at radius 3 is 2.70 bits per heavy atom. The van der Waals surface area contributed by atoms with Crippen LogP contribution in [-0.2, 0) is 16.1 Å². The smallest absolute Gasteiger partial charge is 0.309 e. The molecule has 0 aliphatic carbocycles. The Balaban J connectivity index is 0.00000320. The molecule has 1 N–H and O–H groups in total. The maximum Gasteiger partial charge on any atom is 0.309 e. The van der Waals surface area contributed by atoms with Gasteiger partial charge in [0.05, 0.1) is 23.6 Å². The van der Waals surface area contributed by atoms with Crippen LogP contribution in [0, 0.1) is 12.8 Å². The molecular weight excluding hydrogens is 493 g/mol. The first-order chi connectivity index (χ1) is 14.1. The fourth-order valence-corrected chi connectivity index (χ4v) is 3.90. The molecule has 166 valence electrons. The van der Waals surface area contributed by atoms with Gasteiger partial charge in [-0.25, -0.2) is 4.98 Å². The van der Waals surface area contributed by atoms with Gasteiger partial charge in [-0.1, -0.05) is 12.1 Å². The molecule has 0 unspecified atom stereocenters. The van der Waals surface area contributed by atoms with Crippen molar-refractivity contribution in [3.63, 3.8) is 0 Å². The molecule has 1 saturated heterocycles. The average molecular weight is 527 g/mol. The number of hydrogen-bond donors (Lipinski definition) is 1. The Morgan fingerprint density at radius 2 is 2.00 bits per heavy atom. The number of halogens is 1. The monoisotopic (exact) mass is 527 g/mol. The first-order valence-corrected chi connectivity index (χ1v) is 10.8. The molecule has 2 aromatic rings. The van der Waals surface area contributed by atoms with E-state index in [1.165, 1.54) is 5.52 Å². The third-order valence-corrected chi connectivity index (χ3v) is 5.40. The second-order valence-electron chi connectivity index (χ2n) is 7.40. The summed E-state index contributed by atoms with van der Waals surface area (Å²) in [5.41, 5.74) is 2.23.